The molecule has 0 spiro atoms. The minimum atomic E-state index is -3.62. The summed E-state index contributed by atoms with van der Waals surface area (Å²) in [6, 6.07) is 11.8. The van der Waals surface area contributed by atoms with Crippen molar-refractivity contribution in [3.63, 3.8) is 0 Å². The predicted molar refractivity (Wildman–Crippen MR) is 124 cm³/mol. The molecule has 0 amide bonds. The van der Waals surface area contributed by atoms with E-state index in [4.69, 9.17) is 14.5 Å². The molecule has 0 unspecified atom stereocenters. The van der Waals surface area contributed by atoms with Crippen molar-refractivity contribution in [2.24, 2.45) is 0 Å². The lowest BCUT2D eigenvalue weighted by Crippen LogP contribution is -2.40. The fourth-order valence-electron chi connectivity index (χ4n) is 4.22. The molecular formula is C23H26FN3O4S2. The minimum absolute atomic E-state index is 0.0898. The number of morpholine rings is 1. The van der Waals surface area contributed by atoms with Gasteiger partial charge < -0.3 is 14.0 Å². The van der Waals surface area contributed by atoms with Crippen LogP contribution in [-0.2, 0) is 31.8 Å². The Morgan fingerprint density at radius 3 is 2.70 bits per heavy atom. The smallest absolute Gasteiger partial charge is 0.243 e. The molecule has 1 atom stereocenters. The summed E-state index contributed by atoms with van der Waals surface area (Å²) in [6.07, 6.45) is 2.09. The maximum Gasteiger partial charge on any atom is 0.243 e. The summed E-state index contributed by atoms with van der Waals surface area (Å²) < 4.78 is 55.0. The SMILES string of the molecule is O=S(=O)(c1ccc2c(c1)nc(SCc1ccccc1F)n2C[C@@H]1CCCO1)N1CCOCC1. The van der Waals surface area contributed by atoms with Gasteiger partial charge in [0, 0.05) is 25.4 Å². The highest BCUT2D eigenvalue weighted by molar-refractivity contribution is 7.98. The fourth-order valence-corrected chi connectivity index (χ4v) is 6.66. The Morgan fingerprint density at radius 1 is 1.12 bits per heavy atom. The van der Waals surface area contributed by atoms with E-state index in [0.717, 1.165) is 30.1 Å². The Balaban J connectivity index is 1.48. The summed E-state index contributed by atoms with van der Waals surface area (Å²) in [6.45, 7) is 2.86. The molecule has 176 valence electrons. The molecule has 0 bridgehead atoms. The molecule has 10 heteroatoms. The van der Waals surface area contributed by atoms with E-state index in [1.807, 2.05) is 12.1 Å². The highest BCUT2D eigenvalue weighted by Gasteiger charge is 2.28. The molecule has 2 aliphatic heterocycles. The third-order valence-corrected chi connectivity index (χ3v) is 8.94. The van der Waals surface area contributed by atoms with Crippen molar-refractivity contribution in [1.82, 2.24) is 13.9 Å². The lowest BCUT2D eigenvalue weighted by atomic mass is 10.2. The number of hydrogen-bond acceptors (Lipinski definition) is 6. The largest absolute Gasteiger partial charge is 0.379 e. The Morgan fingerprint density at radius 2 is 1.94 bits per heavy atom. The molecule has 0 aliphatic carbocycles. The van der Waals surface area contributed by atoms with Crippen molar-refractivity contribution < 1.29 is 22.3 Å². The second kappa shape index (κ2) is 9.71. The van der Waals surface area contributed by atoms with E-state index in [9.17, 15) is 12.8 Å². The minimum Gasteiger partial charge on any atom is -0.379 e. The van der Waals surface area contributed by atoms with Gasteiger partial charge in [-0.3, -0.25) is 0 Å². The van der Waals surface area contributed by atoms with Gasteiger partial charge in [0.2, 0.25) is 10.0 Å². The standard InChI is InChI=1S/C23H26FN3O4S2/c24-20-6-2-1-4-17(20)16-32-23-25-21-14-19(33(28,29)26-9-12-30-13-10-26)7-8-22(21)27(23)15-18-5-3-11-31-18/h1-2,4,6-8,14,18H,3,5,9-13,15-16H2/t18-/m0/s1. The van der Waals surface area contributed by atoms with Crippen LogP contribution in [0.5, 0.6) is 0 Å². The van der Waals surface area contributed by atoms with Crippen molar-refractivity contribution >= 4 is 32.8 Å². The quantitative estimate of drug-likeness (QED) is 0.470. The highest BCUT2D eigenvalue weighted by Crippen LogP contribution is 2.31. The van der Waals surface area contributed by atoms with Gasteiger partial charge >= 0.3 is 0 Å². The van der Waals surface area contributed by atoms with E-state index in [2.05, 4.69) is 4.57 Å². The molecule has 2 aliphatic rings. The van der Waals surface area contributed by atoms with Gasteiger partial charge in [0.05, 0.1) is 41.8 Å². The van der Waals surface area contributed by atoms with E-state index in [1.165, 1.54) is 22.1 Å². The van der Waals surface area contributed by atoms with Crippen LogP contribution >= 0.6 is 11.8 Å². The molecule has 1 aromatic heterocycles. The number of sulfonamides is 1. The highest BCUT2D eigenvalue weighted by atomic mass is 32.2. The first-order chi connectivity index (χ1) is 16.0. The van der Waals surface area contributed by atoms with Crippen molar-refractivity contribution in [3.05, 3.63) is 53.8 Å². The second-order valence-corrected chi connectivity index (χ2v) is 11.1. The maximum absolute atomic E-state index is 14.1. The average molecular weight is 492 g/mol. The molecule has 0 N–H and O–H groups in total. The van der Waals surface area contributed by atoms with E-state index in [1.54, 1.807) is 24.3 Å². The first-order valence-electron chi connectivity index (χ1n) is 11.1. The predicted octanol–water partition coefficient (Wildman–Crippen LogP) is 3.67. The molecule has 7 nitrogen and oxygen atoms in total. The van der Waals surface area contributed by atoms with Crippen molar-refractivity contribution in [3.8, 4) is 0 Å². The van der Waals surface area contributed by atoms with Gasteiger partial charge in [-0.25, -0.2) is 17.8 Å². The zero-order chi connectivity index (χ0) is 22.8. The van der Waals surface area contributed by atoms with Crippen molar-refractivity contribution in [2.75, 3.05) is 32.9 Å². The van der Waals surface area contributed by atoms with E-state index < -0.39 is 10.0 Å². The number of nitrogens with zero attached hydrogens (tertiary/aromatic N) is 3. The van der Waals surface area contributed by atoms with Crippen LogP contribution in [0.2, 0.25) is 0 Å². The van der Waals surface area contributed by atoms with Crippen LogP contribution in [-0.4, -0.2) is 61.3 Å². The Bertz CT molecular complexity index is 1240. The third-order valence-electron chi connectivity index (χ3n) is 6.02. The molecule has 0 saturated carbocycles. The van der Waals surface area contributed by atoms with Crippen LogP contribution in [0.3, 0.4) is 0 Å². The van der Waals surface area contributed by atoms with E-state index >= 15 is 0 Å². The first-order valence-corrected chi connectivity index (χ1v) is 13.5. The number of aromatic nitrogens is 2. The Hall–Kier alpha value is -1.98. The molecule has 2 saturated heterocycles. The first kappa shape index (κ1) is 22.8. The van der Waals surface area contributed by atoms with Gasteiger partial charge in [-0.1, -0.05) is 30.0 Å². The van der Waals surface area contributed by atoms with Gasteiger partial charge in [-0.05, 0) is 42.7 Å². The average Bonchev–Trinajstić information content (AvgIpc) is 3.47. The van der Waals surface area contributed by atoms with Crippen LogP contribution in [0.4, 0.5) is 4.39 Å². The number of ether oxygens (including phenoxy) is 2. The molecule has 5 rings (SSSR count). The molecular weight excluding hydrogens is 465 g/mol. The van der Waals surface area contributed by atoms with E-state index in [-0.39, 0.29) is 16.8 Å². The zero-order valence-corrected chi connectivity index (χ0v) is 19.8. The molecule has 2 fully saturated rings. The number of hydrogen-bond donors (Lipinski definition) is 0. The van der Waals surface area contributed by atoms with Crippen LogP contribution < -0.4 is 0 Å². The van der Waals surface area contributed by atoms with Crippen LogP contribution in [0.15, 0.2) is 52.5 Å². The number of halogens is 1. The normalized spacial score (nSPS) is 20.0. The molecule has 2 aromatic carbocycles. The second-order valence-electron chi connectivity index (χ2n) is 8.19. The topological polar surface area (TPSA) is 73.7 Å². The van der Waals surface area contributed by atoms with Gasteiger partial charge in [-0.15, -0.1) is 0 Å². The Kier molecular flexibility index (Phi) is 6.71. The number of benzene rings is 2. The van der Waals surface area contributed by atoms with Crippen molar-refractivity contribution in [2.45, 2.75) is 41.3 Å². The lowest BCUT2D eigenvalue weighted by molar-refractivity contribution is 0.0730. The number of rotatable bonds is 7. The summed E-state index contributed by atoms with van der Waals surface area (Å²) in [5.41, 5.74) is 2.06. The third kappa shape index (κ3) is 4.81. The number of imidazole rings is 1. The van der Waals surface area contributed by atoms with Gasteiger partial charge in [0.1, 0.15) is 5.82 Å². The Labute approximate surface area is 196 Å². The van der Waals surface area contributed by atoms with Crippen LogP contribution in [0.25, 0.3) is 11.0 Å². The molecule has 3 heterocycles. The van der Waals surface area contributed by atoms with Crippen LogP contribution in [0.1, 0.15) is 18.4 Å². The van der Waals surface area contributed by atoms with Crippen LogP contribution in [0, 0.1) is 5.82 Å². The summed E-state index contributed by atoms with van der Waals surface area (Å²) >= 11 is 1.44. The lowest BCUT2D eigenvalue weighted by Gasteiger charge is -2.26. The molecule has 3 aromatic rings. The molecule has 33 heavy (non-hydrogen) atoms. The summed E-state index contributed by atoms with van der Waals surface area (Å²) in [5.74, 6) is 0.186. The van der Waals surface area contributed by atoms with E-state index in [0.29, 0.717) is 49.7 Å². The van der Waals surface area contributed by atoms with Gasteiger partial charge in [0.25, 0.3) is 0 Å². The summed E-state index contributed by atoms with van der Waals surface area (Å²) in [4.78, 5) is 4.99. The zero-order valence-electron chi connectivity index (χ0n) is 18.2. The van der Waals surface area contributed by atoms with Gasteiger partial charge in [-0.2, -0.15) is 4.31 Å². The number of fused-ring (bicyclic) bond motifs is 1. The fraction of sp³-hybridized carbons (Fsp3) is 0.435. The van der Waals surface area contributed by atoms with Crippen molar-refractivity contribution in [1.29, 1.82) is 0 Å². The monoisotopic (exact) mass is 491 g/mol. The van der Waals surface area contributed by atoms with Gasteiger partial charge in [0.15, 0.2) is 5.16 Å². The number of thioether (sulfide) groups is 1. The summed E-state index contributed by atoms with van der Waals surface area (Å²) in [7, 11) is -3.62. The molecule has 0 radical (unpaired) electrons. The maximum atomic E-state index is 14.1. The summed E-state index contributed by atoms with van der Waals surface area (Å²) in [5, 5.41) is 0.727.